The number of ether oxygens (including phenoxy) is 1. The Kier molecular flexibility index (Phi) is 5.42. The van der Waals surface area contributed by atoms with Gasteiger partial charge in [0.15, 0.2) is 0 Å². The molecule has 0 saturated carbocycles. The van der Waals surface area contributed by atoms with E-state index in [1.807, 2.05) is 31.2 Å². The van der Waals surface area contributed by atoms with E-state index < -0.39 is 10.0 Å². The van der Waals surface area contributed by atoms with Crippen LogP contribution in [0.5, 0.6) is 5.75 Å². The van der Waals surface area contributed by atoms with Crippen molar-refractivity contribution >= 4 is 21.6 Å². The predicted octanol–water partition coefficient (Wildman–Crippen LogP) is 1.38. The van der Waals surface area contributed by atoms with Crippen molar-refractivity contribution < 1.29 is 17.9 Å². The number of hydrogen-bond donors (Lipinski definition) is 1. The van der Waals surface area contributed by atoms with Crippen molar-refractivity contribution in [2.75, 3.05) is 30.3 Å². The topological polar surface area (TPSA) is 75.7 Å². The van der Waals surface area contributed by atoms with Crippen LogP contribution >= 0.6 is 0 Å². The number of hydrogen-bond acceptors (Lipinski definition) is 4. The minimum Gasteiger partial charge on any atom is -0.494 e. The molecule has 1 aromatic carbocycles. The molecule has 1 saturated heterocycles. The lowest BCUT2D eigenvalue weighted by atomic mass is 10.1. The van der Waals surface area contributed by atoms with Gasteiger partial charge in [0.2, 0.25) is 15.9 Å². The van der Waals surface area contributed by atoms with Crippen molar-refractivity contribution in [1.29, 1.82) is 0 Å². The Balaban J connectivity index is 1.97. The summed E-state index contributed by atoms with van der Waals surface area (Å²) in [4.78, 5) is 13.8. The molecule has 0 bridgehead atoms. The van der Waals surface area contributed by atoms with E-state index in [4.69, 9.17) is 4.74 Å². The smallest absolute Gasteiger partial charge is 0.227 e. The molecule has 2 rings (SSSR count). The maximum absolute atomic E-state index is 12.1. The van der Waals surface area contributed by atoms with Crippen LogP contribution in [-0.4, -0.2) is 39.8 Å². The van der Waals surface area contributed by atoms with E-state index in [1.54, 1.807) is 11.8 Å². The minimum absolute atomic E-state index is 0.000364. The molecule has 6 nitrogen and oxygen atoms in total. The van der Waals surface area contributed by atoms with Gasteiger partial charge in [-0.1, -0.05) is 0 Å². The highest BCUT2D eigenvalue weighted by molar-refractivity contribution is 7.89. The second kappa shape index (κ2) is 7.11. The highest BCUT2D eigenvalue weighted by atomic mass is 32.2. The Labute approximate surface area is 131 Å². The highest BCUT2D eigenvalue weighted by Gasteiger charge is 2.31. The van der Waals surface area contributed by atoms with Gasteiger partial charge in [0.25, 0.3) is 0 Å². The maximum Gasteiger partial charge on any atom is 0.227 e. The average molecular weight is 326 g/mol. The number of nitrogens with one attached hydrogen (secondary N) is 1. The van der Waals surface area contributed by atoms with Gasteiger partial charge in [0.05, 0.1) is 12.4 Å². The summed E-state index contributed by atoms with van der Waals surface area (Å²) in [6.45, 7) is 4.93. The van der Waals surface area contributed by atoms with Gasteiger partial charge in [-0.15, -0.1) is 0 Å². The first-order valence-electron chi connectivity index (χ1n) is 7.45. The summed E-state index contributed by atoms with van der Waals surface area (Å²) in [6, 6.07) is 7.36. The number of anilines is 1. The fourth-order valence-corrected chi connectivity index (χ4v) is 3.10. The normalized spacial score (nSPS) is 18.7. The van der Waals surface area contributed by atoms with Crippen LogP contribution in [0, 0.1) is 5.92 Å². The summed E-state index contributed by atoms with van der Waals surface area (Å²) in [5.41, 5.74) is 0.814. The van der Waals surface area contributed by atoms with E-state index in [0.29, 0.717) is 26.1 Å². The van der Waals surface area contributed by atoms with Gasteiger partial charge < -0.3 is 9.64 Å². The lowest BCUT2D eigenvalue weighted by Gasteiger charge is -2.17. The number of rotatable bonds is 7. The summed E-state index contributed by atoms with van der Waals surface area (Å²) in [6.07, 6.45) is 0.361. The van der Waals surface area contributed by atoms with Gasteiger partial charge in [-0.25, -0.2) is 13.1 Å². The molecule has 1 N–H and O–H groups in total. The van der Waals surface area contributed by atoms with Crippen LogP contribution in [-0.2, 0) is 14.8 Å². The number of nitrogens with zero attached hydrogens (tertiary/aromatic N) is 1. The Bertz CT molecular complexity index is 613. The predicted molar refractivity (Wildman–Crippen MR) is 85.5 cm³/mol. The van der Waals surface area contributed by atoms with Crippen molar-refractivity contribution in [2.45, 2.75) is 20.3 Å². The standard InChI is InChI=1S/C15H22N2O4S/c1-3-21-14-7-5-13(6-8-14)17-11-12(9-15(17)18)10-16-22(19,20)4-2/h5-8,12,16H,3-4,9-11H2,1-2H3/t12-/m0/s1. The Morgan fingerprint density at radius 2 is 1.95 bits per heavy atom. The van der Waals surface area contributed by atoms with Crippen molar-refractivity contribution in [2.24, 2.45) is 5.92 Å². The Morgan fingerprint density at radius 3 is 2.55 bits per heavy atom. The van der Waals surface area contributed by atoms with E-state index in [9.17, 15) is 13.2 Å². The second-order valence-corrected chi connectivity index (χ2v) is 7.35. The molecular weight excluding hydrogens is 304 g/mol. The van der Waals surface area contributed by atoms with Crippen molar-refractivity contribution in [1.82, 2.24) is 4.72 Å². The number of carbonyl (C=O) groups is 1. The first kappa shape index (κ1) is 16.8. The summed E-state index contributed by atoms with van der Waals surface area (Å²) in [5.74, 6) is 0.839. The van der Waals surface area contributed by atoms with Crippen LogP contribution in [0.1, 0.15) is 20.3 Å². The van der Waals surface area contributed by atoms with E-state index in [-0.39, 0.29) is 17.6 Å². The molecule has 0 aliphatic carbocycles. The summed E-state index contributed by atoms with van der Waals surface area (Å²) < 4.78 is 30.9. The fraction of sp³-hybridized carbons (Fsp3) is 0.533. The van der Waals surface area contributed by atoms with Crippen LogP contribution in [0.25, 0.3) is 0 Å². The van der Waals surface area contributed by atoms with E-state index in [0.717, 1.165) is 11.4 Å². The average Bonchev–Trinajstić information content (AvgIpc) is 2.88. The van der Waals surface area contributed by atoms with E-state index in [2.05, 4.69) is 4.72 Å². The zero-order chi connectivity index (χ0) is 16.2. The Morgan fingerprint density at radius 1 is 1.27 bits per heavy atom. The van der Waals surface area contributed by atoms with Gasteiger partial charge in [-0.2, -0.15) is 0 Å². The SMILES string of the molecule is CCOc1ccc(N2C[C@H](CNS(=O)(=O)CC)CC2=O)cc1. The first-order valence-corrected chi connectivity index (χ1v) is 9.11. The molecule has 0 aromatic heterocycles. The third-order valence-electron chi connectivity index (χ3n) is 3.64. The lowest BCUT2D eigenvalue weighted by molar-refractivity contribution is -0.117. The van der Waals surface area contributed by atoms with Crippen LogP contribution < -0.4 is 14.4 Å². The first-order chi connectivity index (χ1) is 10.4. The molecule has 1 aliphatic heterocycles. The molecule has 7 heteroatoms. The molecule has 122 valence electrons. The van der Waals surface area contributed by atoms with Gasteiger partial charge >= 0.3 is 0 Å². The molecule has 1 amide bonds. The van der Waals surface area contributed by atoms with Gasteiger partial charge in [-0.3, -0.25) is 4.79 Å². The molecule has 1 aromatic rings. The molecule has 1 aliphatic rings. The molecule has 0 radical (unpaired) electrons. The van der Waals surface area contributed by atoms with Crippen LogP contribution in [0.15, 0.2) is 24.3 Å². The number of amides is 1. The molecule has 1 fully saturated rings. The maximum atomic E-state index is 12.1. The lowest BCUT2D eigenvalue weighted by Crippen LogP contribution is -2.32. The second-order valence-electron chi connectivity index (χ2n) is 5.25. The number of carbonyl (C=O) groups excluding carboxylic acids is 1. The summed E-state index contributed by atoms with van der Waals surface area (Å²) in [5, 5.41) is 0. The molecule has 1 heterocycles. The molecule has 22 heavy (non-hydrogen) atoms. The summed E-state index contributed by atoms with van der Waals surface area (Å²) in [7, 11) is -3.21. The van der Waals surface area contributed by atoms with Crippen LogP contribution in [0.2, 0.25) is 0 Å². The zero-order valence-corrected chi connectivity index (χ0v) is 13.7. The van der Waals surface area contributed by atoms with Crippen LogP contribution in [0.4, 0.5) is 5.69 Å². The highest BCUT2D eigenvalue weighted by Crippen LogP contribution is 2.26. The third-order valence-corrected chi connectivity index (χ3v) is 5.00. The number of benzene rings is 1. The van der Waals surface area contributed by atoms with E-state index >= 15 is 0 Å². The Hall–Kier alpha value is -1.60. The van der Waals surface area contributed by atoms with Gasteiger partial charge in [0, 0.05) is 25.2 Å². The molecule has 0 unspecified atom stereocenters. The monoisotopic (exact) mass is 326 g/mol. The van der Waals surface area contributed by atoms with Crippen molar-refractivity contribution in [3.8, 4) is 5.75 Å². The molecule has 0 spiro atoms. The van der Waals surface area contributed by atoms with E-state index in [1.165, 1.54) is 0 Å². The minimum atomic E-state index is -3.21. The fourth-order valence-electron chi connectivity index (χ4n) is 2.40. The summed E-state index contributed by atoms with van der Waals surface area (Å²) >= 11 is 0. The zero-order valence-electron chi connectivity index (χ0n) is 12.9. The van der Waals surface area contributed by atoms with Crippen molar-refractivity contribution in [3.05, 3.63) is 24.3 Å². The van der Waals surface area contributed by atoms with Gasteiger partial charge in [0.1, 0.15) is 5.75 Å². The van der Waals surface area contributed by atoms with Crippen molar-refractivity contribution in [3.63, 3.8) is 0 Å². The molecule has 1 atom stereocenters. The third kappa shape index (κ3) is 4.20. The quantitative estimate of drug-likeness (QED) is 0.821. The number of sulfonamides is 1. The molecular formula is C15H22N2O4S. The van der Waals surface area contributed by atoms with Gasteiger partial charge in [-0.05, 0) is 44.0 Å². The van der Waals surface area contributed by atoms with Crippen LogP contribution in [0.3, 0.4) is 0 Å². The largest absolute Gasteiger partial charge is 0.494 e.